The molecule has 1 aromatic heterocycles. The predicted molar refractivity (Wildman–Crippen MR) is 79.1 cm³/mol. The lowest BCUT2D eigenvalue weighted by Crippen LogP contribution is -2.15. The first-order valence-corrected chi connectivity index (χ1v) is 6.58. The predicted octanol–water partition coefficient (Wildman–Crippen LogP) is 2.64. The van der Waals surface area contributed by atoms with Gasteiger partial charge in [0.05, 0.1) is 5.69 Å². The summed E-state index contributed by atoms with van der Waals surface area (Å²) in [5.74, 6) is 1.02. The van der Waals surface area contributed by atoms with Crippen LogP contribution in [0.1, 0.15) is 25.3 Å². The second kappa shape index (κ2) is 6.29. The minimum atomic E-state index is 0.388. The molecule has 0 amide bonds. The molecule has 0 atom stereocenters. The van der Waals surface area contributed by atoms with E-state index in [1.54, 1.807) is 0 Å². The Morgan fingerprint density at radius 2 is 1.95 bits per heavy atom. The van der Waals surface area contributed by atoms with Crippen molar-refractivity contribution in [2.45, 2.75) is 19.8 Å². The van der Waals surface area contributed by atoms with Gasteiger partial charge in [-0.25, -0.2) is 9.97 Å². The summed E-state index contributed by atoms with van der Waals surface area (Å²) in [6.45, 7) is 5.54. The summed E-state index contributed by atoms with van der Waals surface area (Å²) in [5, 5.41) is 3.12. The highest BCUT2D eigenvalue weighted by atomic mass is 15.1. The molecule has 0 aliphatic heterocycles. The molecule has 0 unspecified atom stereocenters. The van der Waals surface area contributed by atoms with Gasteiger partial charge in [0, 0.05) is 24.8 Å². The first-order chi connectivity index (χ1) is 9.22. The molecule has 0 bridgehead atoms. The molecule has 1 aromatic carbocycles. The molecule has 2 aromatic rings. The van der Waals surface area contributed by atoms with Gasteiger partial charge in [-0.3, -0.25) is 0 Å². The molecule has 0 saturated carbocycles. The van der Waals surface area contributed by atoms with Crippen molar-refractivity contribution < 1.29 is 0 Å². The van der Waals surface area contributed by atoms with Crippen LogP contribution in [-0.4, -0.2) is 23.1 Å². The van der Waals surface area contributed by atoms with E-state index >= 15 is 0 Å². The number of nitrogens with zero attached hydrogens (tertiary/aromatic N) is 2. The third kappa shape index (κ3) is 3.29. The Kier molecular flexibility index (Phi) is 4.47. The number of nitrogens with one attached hydrogen (secondary N) is 1. The molecule has 0 aliphatic rings. The largest absolute Gasteiger partial charge is 0.353 e. The van der Waals surface area contributed by atoms with E-state index in [9.17, 15) is 0 Å². The van der Waals surface area contributed by atoms with Crippen LogP contribution in [0, 0.1) is 0 Å². The van der Waals surface area contributed by atoms with Crippen LogP contribution in [0.4, 0.5) is 5.95 Å². The summed E-state index contributed by atoms with van der Waals surface area (Å²) in [6, 6.07) is 10.2. The van der Waals surface area contributed by atoms with E-state index in [0.717, 1.165) is 16.8 Å². The maximum absolute atomic E-state index is 5.49. The van der Waals surface area contributed by atoms with Gasteiger partial charge < -0.3 is 11.1 Å². The Balaban J connectivity index is 2.42. The molecular formula is C15H20N4. The fraction of sp³-hybridized carbons (Fsp3) is 0.333. The first kappa shape index (κ1) is 13.5. The number of aromatic nitrogens is 2. The highest BCUT2D eigenvalue weighted by Crippen LogP contribution is 2.27. The van der Waals surface area contributed by atoms with Gasteiger partial charge in [-0.05, 0) is 11.5 Å². The molecule has 0 fully saturated rings. The van der Waals surface area contributed by atoms with Crippen LogP contribution >= 0.6 is 0 Å². The number of anilines is 1. The lowest BCUT2D eigenvalue weighted by Gasteiger charge is -2.13. The summed E-state index contributed by atoms with van der Waals surface area (Å²) in [5.41, 5.74) is 8.75. The molecule has 0 aliphatic carbocycles. The third-order valence-corrected chi connectivity index (χ3v) is 2.91. The van der Waals surface area contributed by atoms with Crippen LogP contribution in [-0.2, 0) is 0 Å². The summed E-state index contributed by atoms with van der Waals surface area (Å²) < 4.78 is 0. The molecule has 4 nitrogen and oxygen atoms in total. The van der Waals surface area contributed by atoms with E-state index in [2.05, 4.69) is 41.3 Å². The van der Waals surface area contributed by atoms with Crippen LogP contribution in [0.25, 0.3) is 11.3 Å². The van der Waals surface area contributed by atoms with Crippen LogP contribution in [0.15, 0.2) is 36.5 Å². The maximum Gasteiger partial charge on any atom is 0.223 e. The van der Waals surface area contributed by atoms with Gasteiger partial charge in [-0.15, -0.1) is 0 Å². The van der Waals surface area contributed by atoms with Crippen molar-refractivity contribution in [3.8, 4) is 11.3 Å². The second-order valence-corrected chi connectivity index (χ2v) is 4.73. The van der Waals surface area contributed by atoms with Crippen molar-refractivity contribution in [2.75, 3.05) is 18.4 Å². The molecule has 1 heterocycles. The van der Waals surface area contributed by atoms with E-state index in [1.807, 2.05) is 24.4 Å². The topological polar surface area (TPSA) is 63.8 Å². The van der Waals surface area contributed by atoms with Gasteiger partial charge in [0.15, 0.2) is 0 Å². The molecule has 4 heteroatoms. The Morgan fingerprint density at radius 1 is 1.21 bits per heavy atom. The second-order valence-electron chi connectivity index (χ2n) is 4.73. The number of hydrogen-bond donors (Lipinski definition) is 2. The summed E-state index contributed by atoms with van der Waals surface area (Å²) in [4.78, 5) is 8.97. The zero-order chi connectivity index (χ0) is 13.7. The van der Waals surface area contributed by atoms with Crippen LogP contribution in [0.3, 0.4) is 0 Å². The summed E-state index contributed by atoms with van der Waals surface area (Å²) in [6.07, 6.45) is 1.90. The van der Waals surface area contributed by atoms with Crippen molar-refractivity contribution in [1.29, 1.82) is 0 Å². The average Bonchev–Trinajstić information content (AvgIpc) is 2.45. The Bertz CT molecular complexity index is 523. The van der Waals surface area contributed by atoms with Crippen LogP contribution in [0.5, 0.6) is 0 Å². The van der Waals surface area contributed by atoms with Crippen LogP contribution < -0.4 is 11.1 Å². The standard InChI is InChI=1S/C15H20N4/c1-11(2)13-10-18-15(17-9-8-16)19-14(13)12-6-4-3-5-7-12/h3-7,10-11H,8-9,16H2,1-2H3,(H,17,18,19). The highest BCUT2D eigenvalue weighted by Gasteiger charge is 2.12. The fourth-order valence-electron chi connectivity index (χ4n) is 1.91. The molecular weight excluding hydrogens is 236 g/mol. The molecule has 0 radical (unpaired) electrons. The molecule has 0 spiro atoms. The van der Waals surface area contributed by atoms with Crippen molar-refractivity contribution in [1.82, 2.24) is 9.97 Å². The molecule has 2 rings (SSSR count). The Morgan fingerprint density at radius 3 is 2.58 bits per heavy atom. The van der Waals surface area contributed by atoms with Gasteiger partial charge in [0.25, 0.3) is 0 Å². The van der Waals surface area contributed by atoms with E-state index in [-0.39, 0.29) is 0 Å². The van der Waals surface area contributed by atoms with Gasteiger partial charge in [-0.2, -0.15) is 0 Å². The van der Waals surface area contributed by atoms with Crippen molar-refractivity contribution in [2.24, 2.45) is 5.73 Å². The smallest absolute Gasteiger partial charge is 0.223 e. The van der Waals surface area contributed by atoms with Gasteiger partial charge in [0.1, 0.15) is 0 Å². The fourth-order valence-corrected chi connectivity index (χ4v) is 1.91. The van der Waals surface area contributed by atoms with Gasteiger partial charge in [0.2, 0.25) is 5.95 Å². The number of nitrogens with two attached hydrogens (primary N) is 1. The first-order valence-electron chi connectivity index (χ1n) is 6.58. The normalized spacial score (nSPS) is 10.7. The zero-order valence-corrected chi connectivity index (χ0v) is 11.4. The van der Waals surface area contributed by atoms with Crippen LogP contribution in [0.2, 0.25) is 0 Å². The zero-order valence-electron chi connectivity index (χ0n) is 11.4. The monoisotopic (exact) mass is 256 g/mol. The number of hydrogen-bond acceptors (Lipinski definition) is 4. The minimum absolute atomic E-state index is 0.388. The quantitative estimate of drug-likeness (QED) is 0.863. The lowest BCUT2D eigenvalue weighted by molar-refractivity contribution is 0.848. The van der Waals surface area contributed by atoms with E-state index in [1.165, 1.54) is 0 Å². The highest BCUT2D eigenvalue weighted by molar-refractivity contribution is 5.64. The maximum atomic E-state index is 5.49. The molecule has 19 heavy (non-hydrogen) atoms. The van der Waals surface area contributed by atoms with Gasteiger partial charge >= 0.3 is 0 Å². The van der Waals surface area contributed by atoms with E-state index in [4.69, 9.17) is 5.73 Å². The van der Waals surface area contributed by atoms with Crippen molar-refractivity contribution in [3.05, 3.63) is 42.1 Å². The minimum Gasteiger partial charge on any atom is -0.353 e. The Labute approximate surface area is 114 Å². The molecule has 3 N–H and O–H groups in total. The SMILES string of the molecule is CC(C)c1cnc(NCCN)nc1-c1ccccc1. The molecule has 100 valence electrons. The summed E-state index contributed by atoms with van der Waals surface area (Å²) >= 11 is 0. The summed E-state index contributed by atoms with van der Waals surface area (Å²) in [7, 11) is 0. The number of benzene rings is 1. The lowest BCUT2D eigenvalue weighted by atomic mass is 9.99. The Hall–Kier alpha value is -1.94. The van der Waals surface area contributed by atoms with Gasteiger partial charge in [-0.1, -0.05) is 44.2 Å². The van der Waals surface area contributed by atoms with E-state index in [0.29, 0.717) is 25.0 Å². The van der Waals surface area contributed by atoms with E-state index < -0.39 is 0 Å². The van der Waals surface area contributed by atoms with Crippen molar-refractivity contribution in [3.63, 3.8) is 0 Å². The average molecular weight is 256 g/mol. The molecule has 0 saturated heterocycles. The van der Waals surface area contributed by atoms with Crippen molar-refractivity contribution >= 4 is 5.95 Å². The third-order valence-electron chi connectivity index (χ3n) is 2.91. The number of rotatable bonds is 5.